The van der Waals surface area contributed by atoms with E-state index in [1.807, 2.05) is 54.9 Å². The number of furan rings is 1. The number of rotatable bonds is 9. The number of benzene rings is 1. The first-order chi connectivity index (χ1) is 16.0. The van der Waals surface area contributed by atoms with Crippen LogP contribution in [0.15, 0.2) is 53.1 Å². The average molecular weight is 466 g/mol. The average Bonchev–Trinajstić information content (AvgIpc) is 3.44. The highest BCUT2D eigenvalue weighted by molar-refractivity contribution is 8.01. The summed E-state index contributed by atoms with van der Waals surface area (Å²) in [4.78, 5) is 4.51. The van der Waals surface area contributed by atoms with Crippen LogP contribution in [0.1, 0.15) is 23.9 Å². The van der Waals surface area contributed by atoms with Crippen molar-refractivity contribution >= 4 is 17.9 Å². The molecule has 1 unspecified atom stereocenters. The molecule has 1 aromatic carbocycles. The van der Waals surface area contributed by atoms with Gasteiger partial charge in [0.2, 0.25) is 11.8 Å². The number of aryl methyl sites for hydroxylation is 2. The number of nitrogens with one attached hydrogen (secondary N) is 1. The summed E-state index contributed by atoms with van der Waals surface area (Å²) >= 11 is 1.55. The zero-order chi connectivity index (χ0) is 23.4. The fourth-order valence-electron chi connectivity index (χ4n) is 3.44. The number of aromatic nitrogens is 4. The summed E-state index contributed by atoms with van der Waals surface area (Å²) in [6, 6.07) is 13.5. The minimum absolute atomic E-state index is 0.235. The summed E-state index contributed by atoms with van der Waals surface area (Å²) in [6.07, 6.45) is 2.71. The highest BCUT2D eigenvalue weighted by atomic mass is 32.2. The number of methoxy groups -OCH3 is 2. The number of hydrogen-bond donors (Lipinski definition) is 1. The van der Waals surface area contributed by atoms with Crippen LogP contribution in [0.2, 0.25) is 0 Å². The molecule has 9 heteroatoms. The highest BCUT2D eigenvalue weighted by Crippen LogP contribution is 2.38. The summed E-state index contributed by atoms with van der Waals surface area (Å²) in [6.45, 7) is 6.07. The largest absolute Gasteiger partial charge is 0.494 e. The molecule has 0 fully saturated rings. The van der Waals surface area contributed by atoms with Crippen molar-refractivity contribution in [2.75, 3.05) is 18.9 Å². The number of ether oxygens (including phenoxy) is 2. The summed E-state index contributed by atoms with van der Waals surface area (Å²) in [5.74, 6) is 3.72. The van der Waals surface area contributed by atoms with Crippen molar-refractivity contribution in [3.63, 3.8) is 0 Å². The van der Waals surface area contributed by atoms with Crippen LogP contribution in [0.25, 0.3) is 17.3 Å². The number of para-hydroxylation sites is 1. The van der Waals surface area contributed by atoms with E-state index in [9.17, 15) is 0 Å². The summed E-state index contributed by atoms with van der Waals surface area (Å²) < 4.78 is 22.4. The van der Waals surface area contributed by atoms with Crippen LogP contribution >= 0.6 is 11.9 Å². The maximum Gasteiger partial charge on any atom is 0.239 e. The van der Waals surface area contributed by atoms with Gasteiger partial charge in [-0.05, 0) is 61.7 Å². The molecule has 4 aromatic rings. The van der Waals surface area contributed by atoms with Crippen molar-refractivity contribution < 1.29 is 13.9 Å². The summed E-state index contributed by atoms with van der Waals surface area (Å²) in [5.41, 5.74) is 2.88. The topological polar surface area (TPSA) is 87.2 Å². The molecule has 3 aromatic heterocycles. The van der Waals surface area contributed by atoms with Crippen molar-refractivity contribution in [2.24, 2.45) is 0 Å². The van der Waals surface area contributed by atoms with Gasteiger partial charge in [-0.2, -0.15) is 0 Å². The van der Waals surface area contributed by atoms with Crippen molar-refractivity contribution in [2.45, 2.75) is 32.4 Å². The van der Waals surface area contributed by atoms with Gasteiger partial charge in [0.05, 0.1) is 14.2 Å². The van der Waals surface area contributed by atoms with Gasteiger partial charge in [-0.1, -0.05) is 19.1 Å². The first-order valence-electron chi connectivity index (χ1n) is 10.6. The van der Waals surface area contributed by atoms with Crippen LogP contribution in [-0.4, -0.2) is 39.2 Å². The van der Waals surface area contributed by atoms with E-state index >= 15 is 0 Å². The molecule has 0 saturated carbocycles. The van der Waals surface area contributed by atoms with Crippen molar-refractivity contribution in [1.29, 1.82) is 0 Å². The zero-order valence-electron chi connectivity index (χ0n) is 19.3. The molecule has 0 aliphatic rings. The quantitative estimate of drug-likeness (QED) is 0.336. The zero-order valence-corrected chi connectivity index (χ0v) is 20.1. The Hall–Kier alpha value is -3.46. The van der Waals surface area contributed by atoms with Crippen LogP contribution in [-0.2, 0) is 6.42 Å². The van der Waals surface area contributed by atoms with Crippen LogP contribution < -0.4 is 14.2 Å². The number of nitrogens with zero attached hydrogens (tertiary/aromatic N) is 4. The Morgan fingerprint density at radius 1 is 1.03 bits per heavy atom. The van der Waals surface area contributed by atoms with Crippen LogP contribution in [0, 0.1) is 13.8 Å². The molecule has 3 heterocycles. The molecule has 4 rings (SSSR count). The fourth-order valence-corrected chi connectivity index (χ4v) is 4.13. The van der Waals surface area contributed by atoms with Gasteiger partial charge in [0.25, 0.3) is 0 Å². The second-order valence-corrected chi connectivity index (χ2v) is 8.91. The predicted molar refractivity (Wildman–Crippen MR) is 130 cm³/mol. The lowest BCUT2D eigenvalue weighted by Crippen LogP contribution is -2.10. The highest BCUT2D eigenvalue weighted by Gasteiger charge is 2.24. The molecule has 0 saturated heterocycles. The lowest BCUT2D eigenvalue weighted by atomic mass is 10.2. The standard InChI is InChI=1S/C24H27N5O3S/c1-15-9-11-18(25-14-15)13-17(3)33-28-24-27-26-23(21-12-10-16(2)32-21)29(24)22-19(30-4)7-6-8-20(22)31-5/h6-12,14,17H,13H2,1-5H3,(H,27,28). The second kappa shape index (κ2) is 9.99. The molecule has 1 atom stereocenters. The Balaban J connectivity index is 1.68. The monoisotopic (exact) mass is 465 g/mol. The van der Waals surface area contributed by atoms with Crippen molar-refractivity contribution in [1.82, 2.24) is 19.7 Å². The summed E-state index contributed by atoms with van der Waals surface area (Å²) in [7, 11) is 3.25. The molecule has 0 amide bonds. The van der Waals surface area contributed by atoms with Crippen LogP contribution in [0.4, 0.5) is 5.95 Å². The third-order valence-electron chi connectivity index (χ3n) is 5.07. The molecular weight excluding hydrogens is 438 g/mol. The van der Waals surface area contributed by atoms with E-state index in [-0.39, 0.29) is 5.25 Å². The minimum Gasteiger partial charge on any atom is -0.494 e. The Morgan fingerprint density at radius 3 is 2.39 bits per heavy atom. The molecule has 1 N–H and O–H groups in total. The number of anilines is 1. The molecule has 0 aliphatic heterocycles. The maximum atomic E-state index is 5.86. The Morgan fingerprint density at radius 2 is 1.79 bits per heavy atom. The van der Waals surface area contributed by atoms with E-state index in [2.05, 4.69) is 39.0 Å². The third kappa shape index (κ3) is 4.98. The van der Waals surface area contributed by atoms with Gasteiger partial charge in [-0.15, -0.1) is 10.2 Å². The number of pyridine rings is 1. The normalized spacial score (nSPS) is 11.9. The van der Waals surface area contributed by atoms with Gasteiger partial charge in [-0.3, -0.25) is 14.3 Å². The molecule has 8 nitrogen and oxygen atoms in total. The molecule has 0 bridgehead atoms. The lowest BCUT2D eigenvalue weighted by molar-refractivity contribution is 0.391. The van der Waals surface area contributed by atoms with E-state index in [0.29, 0.717) is 34.7 Å². The van der Waals surface area contributed by atoms with Gasteiger partial charge in [0.1, 0.15) is 22.9 Å². The van der Waals surface area contributed by atoms with Gasteiger partial charge < -0.3 is 13.9 Å². The van der Waals surface area contributed by atoms with E-state index in [1.165, 1.54) is 0 Å². The second-order valence-electron chi connectivity index (χ2n) is 7.67. The van der Waals surface area contributed by atoms with Gasteiger partial charge >= 0.3 is 0 Å². The molecule has 172 valence electrons. The first kappa shape index (κ1) is 22.7. The first-order valence-corrected chi connectivity index (χ1v) is 11.4. The van der Waals surface area contributed by atoms with Crippen LogP contribution in [0.5, 0.6) is 11.5 Å². The Labute approximate surface area is 197 Å². The van der Waals surface area contributed by atoms with E-state index in [0.717, 1.165) is 23.4 Å². The molecular formula is C24H27N5O3S. The molecule has 0 aliphatic carbocycles. The van der Waals surface area contributed by atoms with E-state index in [1.54, 1.807) is 26.2 Å². The summed E-state index contributed by atoms with van der Waals surface area (Å²) in [5, 5.41) is 9.07. The van der Waals surface area contributed by atoms with Crippen molar-refractivity contribution in [3.8, 4) is 28.8 Å². The SMILES string of the molecule is COc1cccc(OC)c1-n1c(NSC(C)Cc2ccc(C)cn2)nnc1-c1ccc(C)o1. The maximum absolute atomic E-state index is 5.86. The van der Waals surface area contributed by atoms with Crippen molar-refractivity contribution in [3.05, 3.63) is 65.7 Å². The smallest absolute Gasteiger partial charge is 0.239 e. The van der Waals surface area contributed by atoms with Crippen LogP contribution in [0.3, 0.4) is 0 Å². The Bertz CT molecular complexity index is 1200. The van der Waals surface area contributed by atoms with Gasteiger partial charge in [0, 0.05) is 23.6 Å². The minimum atomic E-state index is 0.235. The number of hydrogen-bond acceptors (Lipinski definition) is 8. The van der Waals surface area contributed by atoms with Gasteiger partial charge in [0.15, 0.2) is 5.76 Å². The third-order valence-corrected chi connectivity index (χ3v) is 5.94. The molecule has 0 spiro atoms. The molecule has 0 radical (unpaired) electrons. The van der Waals surface area contributed by atoms with E-state index < -0.39 is 0 Å². The van der Waals surface area contributed by atoms with E-state index in [4.69, 9.17) is 13.9 Å². The predicted octanol–water partition coefficient (Wildman–Crippen LogP) is 5.25. The fraction of sp³-hybridized carbons (Fsp3) is 0.292. The van der Waals surface area contributed by atoms with Gasteiger partial charge in [-0.25, -0.2) is 0 Å². The Kier molecular flexibility index (Phi) is 6.88. The molecule has 33 heavy (non-hydrogen) atoms. The lowest BCUT2D eigenvalue weighted by Gasteiger charge is -2.18.